The Hall–Kier alpha value is -2.62. The lowest BCUT2D eigenvalue weighted by Crippen LogP contribution is -2.26. The second kappa shape index (κ2) is 10.2. The molecule has 0 unspecified atom stereocenters. The lowest BCUT2D eigenvalue weighted by atomic mass is 10.2. The second-order valence-electron chi connectivity index (χ2n) is 6.00. The Kier molecular flexibility index (Phi) is 8.62. The number of thiophene rings is 1. The van der Waals surface area contributed by atoms with Gasteiger partial charge in [0, 0.05) is 23.2 Å². The van der Waals surface area contributed by atoms with Crippen LogP contribution in [0.5, 0.6) is 0 Å². The van der Waals surface area contributed by atoms with Crippen LogP contribution in [-0.4, -0.2) is 31.7 Å². The first kappa shape index (κ1) is 24.4. The minimum absolute atomic E-state index is 0. The number of ketones is 1. The van der Waals surface area contributed by atoms with Crippen molar-refractivity contribution in [2.45, 2.75) is 27.8 Å². The molecule has 3 rings (SSSR count). The fraction of sp³-hybridized carbons (Fsp3) is 0.263. The third kappa shape index (κ3) is 5.06. The summed E-state index contributed by atoms with van der Waals surface area (Å²) in [4.78, 5) is 30.0. The standard InChI is InChI=1S/C18H18FN5O2S.CH4.ClH/c1-11-5-14(16-4-3-15(27-16)12(2)25)8-21-17(11)23-10-22-24(18(23)26)9-13(6-19)7-20;;/h3-6,8,10H,7,9,20H2,1-2H3;1H4;1H/b13-6+;;. The Morgan fingerprint density at radius 1 is 1.38 bits per heavy atom. The fourth-order valence-electron chi connectivity index (χ4n) is 2.56. The van der Waals surface area contributed by atoms with Crippen LogP contribution in [0.2, 0.25) is 0 Å². The van der Waals surface area contributed by atoms with Crippen molar-refractivity contribution in [3.8, 4) is 16.3 Å². The summed E-state index contributed by atoms with van der Waals surface area (Å²) in [6.45, 7) is 3.35. The number of aryl methyl sites for hydroxylation is 1. The average Bonchev–Trinajstić information content (AvgIpc) is 3.27. The zero-order chi connectivity index (χ0) is 19.6. The first-order chi connectivity index (χ1) is 12.9. The monoisotopic (exact) mass is 439 g/mol. The first-order valence-electron chi connectivity index (χ1n) is 8.15. The number of hydrogen-bond acceptors (Lipinski definition) is 6. The van der Waals surface area contributed by atoms with Crippen LogP contribution in [0, 0.1) is 6.92 Å². The molecule has 0 amide bonds. The van der Waals surface area contributed by atoms with Crippen molar-refractivity contribution in [2.24, 2.45) is 5.73 Å². The number of carbonyl (C=O) groups is 1. The van der Waals surface area contributed by atoms with Gasteiger partial charge < -0.3 is 5.73 Å². The Labute approximate surface area is 178 Å². The highest BCUT2D eigenvalue weighted by Crippen LogP contribution is 2.29. The number of rotatable bonds is 6. The molecule has 0 aliphatic heterocycles. The Balaban J connectivity index is 0.00000210. The molecule has 0 spiro atoms. The number of nitrogens with two attached hydrogens (primary N) is 1. The Morgan fingerprint density at radius 3 is 2.66 bits per heavy atom. The average molecular weight is 440 g/mol. The minimum atomic E-state index is -0.430. The highest BCUT2D eigenvalue weighted by atomic mass is 35.5. The summed E-state index contributed by atoms with van der Waals surface area (Å²) in [5, 5.41) is 4.00. The van der Waals surface area contributed by atoms with Crippen molar-refractivity contribution < 1.29 is 9.18 Å². The van der Waals surface area contributed by atoms with Crippen LogP contribution in [0.4, 0.5) is 4.39 Å². The van der Waals surface area contributed by atoms with Crippen LogP contribution in [0.25, 0.3) is 16.3 Å². The number of pyridine rings is 1. The highest BCUT2D eigenvalue weighted by Gasteiger charge is 2.13. The van der Waals surface area contributed by atoms with Gasteiger partial charge in [-0.1, -0.05) is 7.43 Å². The fourth-order valence-corrected chi connectivity index (χ4v) is 3.45. The van der Waals surface area contributed by atoms with Crippen LogP contribution in [0.1, 0.15) is 29.6 Å². The molecular formula is C19H23ClFN5O2S. The molecule has 0 aliphatic carbocycles. The number of aromatic nitrogens is 4. The number of hydrogen-bond donors (Lipinski definition) is 1. The summed E-state index contributed by atoms with van der Waals surface area (Å²) >= 11 is 1.40. The van der Waals surface area contributed by atoms with E-state index in [4.69, 9.17) is 5.73 Å². The van der Waals surface area contributed by atoms with Gasteiger partial charge in [-0.25, -0.2) is 23.4 Å². The molecule has 3 heterocycles. The van der Waals surface area contributed by atoms with Gasteiger partial charge >= 0.3 is 5.69 Å². The van der Waals surface area contributed by atoms with Crippen LogP contribution in [-0.2, 0) is 6.54 Å². The number of Topliss-reactive ketones (excluding diaryl/α,β-unsaturated/α-hetero) is 1. The van der Waals surface area contributed by atoms with Gasteiger partial charge in [0.05, 0.1) is 17.8 Å². The molecule has 3 aromatic rings. The van der Waals surface area contributed by atoms with E-state index >= 15 is 0 Å². The van der Waals surface area contributed by atoms with Gasteiger partial charge in [-0.3, -0.25) is 4.79 Å². The van der Waals surface area contributed by atoms with Crippen molar-refractivity contribution in [1.29, 1.82) is 0 Å². The Morgan fingerprint density at radius 2 is 2.10 bits per heavy atom. The van der Waals surface area contributed by atoms with E-state index < -0.39 is 5.69 Å². The van der Waals surface area contributed by atoms with E-state index in [-0.39, 0.29) is 44.3 Å². The lowest BCUT2D eigenvalue weighted by Gasteiger charge is -2.06. The topological polar surface area (TPSA) is 95.8 Å². The van der Waals surface area contributed by atoms with Crippen molar-refractivity contribution in [2.75, 3.05) is 6.54 Å². The van der Waals surface area contributed by atoms with Crippen molar-refractivity contribution in [3.63, 3.8) is 0 Å². The summed E-state index contributed by atoms with van der Waals surface area (Å²) in [5.41, 5.74) is 6.89. The molecule has 0 saturated carbocycles. The van der Waals surface area contributed by atoms with Crippen LogP contribution >= 0.6 is 23.7 Å². The Bertz CT molecular complexity index is 1090. The smallest absolute Gasteiger partial charge is 0.327 e. The third-order valence-corrected chi connectivity index (χ3v) is 5.25. The molecule has 0 fully saturated rings. The van der Waals surface area contributed by atoms with E-state index in [9.17, 15) is 14.0 Å². The second-order valence-corrected chi connectivity index (χ2v) is 7.08. The van der Waals surface area contributed by atoms with Crippen molar-refractivity contribution in [3.05, 3.63) is 63.6 Å². The molecule has 3 aromatic heterocycles. The molecule has 7 nitrogen and oxygen atoms in total. The predicted molar refractivity (Wildman–Crippen MR) is 116 cm³/mol. The molecule has 0 radical (unpaired) electrons. The number of nitrogens with zero attached hydrogens (tertiary/aromatic N) is 4. The van der Waals surface area contributed by atoms with Crippen LogP contribution in [0.3, 0.4) is 0 Å². The molecular weight excluding hydrogens is 417 g/mol. The molecule has 0 aromatic carbocycles. The highest BCUT2D eigenvalue weighted by molar-refractivity contribution is 7.17. The summed E-state index contributed by atoms with van der Waals surface area (Å²) in [5.74, 6) is 0.461. The normalized spacial score (nSPS) is 11.0. The van der Waals surface area contributed by atoms with Gasteiger partial charge in [-0.15, -0.1) is 23.7 Å². The van der Waals surface area contributed by atoms with Crippen LogP contribution in [0.15, 0.2) is 47.4 Å². The number of carbonyl (C=O) groups excluding carboxylic acids is 1. The zero-order valence-electron chi connectivity index (χ0n) is 15.3. The van der Waals surface area contributed by atoms with E-state index in [0.29, 0.717) is 17.0 Å². The van der Waals surface area contributed by atoms with Gasteiger partial charge in [-0.2, -0.15) is 5.10 Å². The summed E-state index contributed by atoms with van der Waals surface area (Å²) in [6, 6.07) is 5.56. The van der Waals surface area contributed by atoms with E-state index in [2.05, 4.69) is 10.1 Å². The van der Waals surface area contributed by atoms with Crippen LogP contribution < -0.4 is 11.4 Å². The van der Waals surface area contributed by atoms with Crippen molar-refractivity contribution in [1.82, 2.24) is 19.3 Å². The quantitative estimate of drug-likeness (QED) is 0.592. The third-order valence-electron chi connectivity index (χ3n) is 4.02. The van der Waals surface area contributed by atoms with E-state index in [1.54, 1.807) is 12.3 Å². The van der Waals surface area contributed by atoms with E-state index in [1.807, 2.05) is 19.1 Å². The van der Waals surface area contributed by atoms with E-state index in [1.165, 1.54) is 29.2 Å². The predicted octanol–water partition coefficient (Wildman–Crippen LogP) is 3.54. The lowest BCUT2D eigenvalue weighted by molar-refractivity contribution is 0.102. The largest absolute Gasteiger partial charge is 0.351 e. The van der Waals surface area contributed by atoms with Gasteiger partial charge in [0.1, 0.15) is 12.1 Å². The molecule has 156 valence electrons. The van der Waals surface area contributed by atoms with E-state index in [0.717, 1.165) is 20.7 Å². The first-order valence-corrected chi connectivity index (χ1v) is 8.97. The molecule has 0 aliphatic rings. The molecule has 29 heavy (non-hydrogen) atoms. The van der Waals surface area contributed by atoms with Gasteiger partial charge in [0.2, 0.25) is 0 Å². The summed E-state index contributed by atoms with van der Waals surface area (Å²) in [6.07, 6.45) is 3.39. The maximum atomic E-state index is 12.7. The molecule has 10 heteroatoms. The molecule has 2 N–H and O–H groups in total. The van der Waals surface area contributed by atoms with Gasteiger partial charge in [0.15, 0.2) is 5.78 Å². The summed E-state index contributed by atoms with van der Waals surface area (Å²) in [7, 11) is 0. The molecule has 0 atom stereocenters. The molecule has 0 saturated heterocycles. The maximum Gasteiger partial charge on any atom is 0.351 e. The SMILES string of the molecule is C.CC(=O)c1ccc(-c2cnc(-n3cnn(C/C(=C/F)CN)c3=O)c(C)c2)s1.Cl. The zero-order valence-corrected chi connectivity index (χ0v) is 16.9. The van der Waals surface area contributed by atoms with Gasteiger partial charge in [-0.05, 0) is 43.2 Å². The maximum absolute atomic E-state index is 12.7. The van der Waals surface area contributed by atoms with Crippen molar-refractivity contribution >= 4 is 29.5 Å². The summed E-state index contributed by atoms with van der Waals surface area (Å²) < 4.78 is 15.1. The number of halogens is 2. The molecule has 0 bridgehead atoms. The van der Waals surface area contributed by atoms with Gasteiger partial charge in [0.25, 0.3) is 0 Å². The minimum Gasteiger partial charge on any atom is -0.327 e.